The van der Waals surface area contributed by atoms with Gasteiger partial charge in [-0.15, -0.1) is 0 Å². The highest BCUT2D eigenvalue weighted by molar-refractivity contribution is 6.01. The van der Waals surface area contributed by atoms with Crippen LogP contribution >= 0.6 is 0 Å². The fourth-order valence-electron chi connectivity index (χ4n) is 1.91. The number of pyridine rings is 1. The molecule has 0 radical (unpaired) electrons. The molecule has 0 aromatic carbocycles. The van der Waals surface area contributed by atoms with Crippen LogP contribution in [0, 0.1) is 0 Å². The van der Waals surface area contributed by atoms with Crippen LogP contribution in [0.15, 0.2) is 18.5 Å². The Balaban J connectivity index is 2.03. The van der Waals surface area contributed by atoms with E-state index in [1.54, 1.807) is 0 Å². The third-order valence-corrected chi connectivity index (χ3v) is 2.83. The zero-order valence-electron chi connectivity index (χ0n) is 10.1. The standard InChI is InChI=1S/C12H13N3O4/c16-10(7-15-5-1-2-11(15)17)14-9-6-13-4-3-8(9)12(18)19/h3-4,6H,1-2,5,7H2,(H,14,16)(H,18,19). The lowest BCUT2D eigenvalue weighted by Crippen LogP contribution is -2.34. The summed E-state index contributed by atoms with van der Waals surface area (Å²) >= 11 is 0. The second kappa shape index (κ2) is 5.47. The van der Waals surface area contributed by atoms with Crippen LogP contribution in [0.4, 0.5) is 5.69 Å². The number of carbonyl (C=O) groups is 3. The number of likely N-dealkylation sites (tertiary alicyclic amines) is 1. The predicted octanol–water partition coefficient (Wildman–Crippen LogP) is 0.341. The van der Waals surface area contributed by atoms with Gasteiger partial charge in [-0.2, -0.15) is 0 Å². The van der Waals surface area contributed by atoms with Crippen LogP contribution in [0.25, 0.3) is 0 Å². The molecule has 0 atom stereocenters. The fraction of sp³-hybridized carbons (Fsp3) is 0.333. The maximum absolute atomic E-state index is 11.8. The number of amides is 2. The molecule has 0 bridgehead atoms. The van der Waals surface area contributed by atoms with Crippen molar-refractivity contribution in [2.24, 2.45) is 0 Å². The van der Waals surface area contributed by atoms with E-state index in [0.717, 1.165) is 6.42 Å². The Labute approximate surface area is 109 Å². The van der Waals surface area contributed by atoms with Gasteiger partial charge in [0.2, 0.25) is 11.8 Å². The summed E-state index contributed by atoms with van der Waals surface area (Å²) in [7, 11) is 0. The SMILES string of the molecule is O=C(CN1CCCC1=O)Nc1cnccc1C(=O)O. The predicted molar refractivity (Wildman–Crippen MR) is 65.6 cm³/mol. The van der Waals surface area contributed by atoms with Crippen LogP contribution in [0.1, 0.15) is 23.2 Å². The van der Waals surface area contributed by atoms with Crippen molar-refractivity contribution in [3.05, 3.63) is 24.0 Å². The number of nitrogens with one attached hydrogen (secondary N) is 1. The summed E-state index contributed by atoms with van der Waals surface area (Å²) in [6, 6.07) is 1.30. The molecule has 0 saturated carbocycles. The van der Waals surface area contributed by atoms with Crippen LogP contribution in [-0.2, 0) is 9.59 Å². The topological polar surface area (TPSA) is 99.6 Å². The van der Waals surface area contributed by atoms with Crippen molar-refractivity contribution < 1.29 is 19.5 Å². The van der Waals surface area contributed by atoms with Gasteiger partial charge in [-0.3, -0.25) is 14.6 Å². The zero-order chi connectivity index (χ0) is 13.8. The molecule has 1 aliphatic heterocycles. The van der Waals surface area contributed by atoms with E-state index in [1.165, 1.54) is 23.4 Å². The molecule has 1 aromatic rings. The number of carboxylic acid groups (broad SMARTS) is 1. The van der Waals surface area contributed by atoms with Crippen molar-refractivity contribution in [2.75, 3.05) is 18.4 Å². The van der Waals surface area contributed by atoms with E-state index in [0.29, 0.717) is 13.0 Å². The summed E-state index contributed by atoms with van der Waals surface area (Å²) in [6.07, 6.45) is 3.82. The maximum atomic E-state index is 11.8. The van der Waals surface area contributed by atoms with E-state index < -0.39 is 11.9 Å². The van der Waals surface area contributed by atoms with Crippen LogP contribution in [0.2, 0.25) is 0 Å². The Morgan fingerprint density at radius 2 is 2.26 bits per heavy atom. The van der Waals surface area contributed by atoms with E-state index >= 15 is 0 Å². The third-order valence-electron chi connectivity index (χ3n) is 2.83. The van der Waals surface area contributed by atoms with Crippen molar-refractivity contribution in [1.29, 1.82) is 0 Å². The van der Waals surface area contributed by atoms with E-state index in [1.807, 2.05) is 0 Å². The molecule has 1 aromatic heterocycles. The largest absolute Gasteiger partial charge is 0.478 e. The molecule has 100 valence electrons. The second-order valence-electron chi connectivity index (χ2n) is 4.19. The van der Waals surface area contributed by atoms with Gasteiger partial charge in [0, 0.05) is 19.2 Å². The number of carboxylic acids is 1. The van der Waals surface area contributed by atoms with Crippen LogP contribution < -0.4 is 5.32 Å². The highest BCUT2D eigenvalue weighted by Gasteiger charge is 2.23. The molecule has 2 N–H and O–H groups in total. The van der Waals surface area contributed by atoms with Gasteiger partial charge in [0.15, 0.2) is 0 Å². The summed E-state index contributed by atoms with van der Waals surface area (Å²) in [6.45, 7) is 0.498. The van der Waals surface area contributed by atoms with Crippen LogP contribution in [0.3, 0.4) is 0 Å². The van der Waals surface area contributed by atoms with Gasteiger partial charge in [-0.05, 0) is 12.5 Å². The molecule has 2 amide bonds. The molecule has 2 rings (SSSR count). The summed E-state index contributed by atoms with van der Waals surface area (Å²) in [5, 5.41) is 11.4. The zero-order valence-corrected chi connectivity index (χ0v) is 10.1. The summed E-state index contributed by atoms with van der Waals surface area (Å²) in [4.78, 5) is 39.3. The number of hydrogen-bond acceptors (Lipinski definition) is 4. The summed E-state index contributed by atoms with van der Waals surface area (Å²) in [5.41, 5.74) is 0.0998. The van der Waals surface area contributed by atoms with Gasteiger partial charge in [-0.25, -0.2) is 4.79 Å². The van der Waals surface area contributed by atoms with Gasteiger partial charge in [-0.1, -0.05) is 0 Å². The molecular weight excluding hydrogens is 250 g/mol. The third kappa shape index (κ3) is 3.06. The van der Waals surface area contributed by atoms with Crippen molar-refractivity contribution in [3.8, 4) is 0 Å². The number of hydrogen-bond donors (Lipinski definition) is 2. The fourth-order valence-corrected chi connectivity index (χ4v) is 1.91. The first kappa shape index (κ1) is 13.0. The molecule has 1 fully saturated rings. The van der Waals surface area contributed by atoms with Crippen molar-refractivity contribution in [3.63, 3.8) is 0 Å². The molecule has 1 aliphatic rings. The first-order valence-electron chi connectivity index (χ1n) is 5.83. The van der Waals surface area contributed by atoms with E-state index in [4.69, 9.17) is 5.11 Å². The summed E-state index contributed by atoms with van der Waals surface area (Å²) < 4.78 is 0. The minimum absolute atomic E-state index is 0.0314. The van der Waals surface area contributed by atoms with Crippen molar-refractivity contribution >= 4 is 23.5 Å². The molecule has 7 nitrogen and oxygen atoms in total. The minimum atomic E-state index is -1.14. The molecule has 19 heavy (non-hydrogen) atoms. The molecule has 0 spiro atoms. The number of carbonyl (C=O) groups excluding carboxylic acids is 2. The number of anilines is 1. The Bertz CT molecular complexity index is 529. The first-order chi connectivity index (χ1) is 9.08. The normalized spacial score (nSPS) is 14.5. The lowest BCUT2D eigenvalue weighted by molar-refractivity contribution is -0.131. The molecular formula is C12H13N3O4. The lowest BCUT2D eigenvalue weighted by Gasteiger charge is -2.15. The number of rotatable bonds is 4. The van der Waals surface area contributed by atoms with Gasteiger partial charge in [0.1, 0.15) is 0 Å². The molecule has 1 saturated heterocycles. The van der Waals surface area contributed by atoms with E-state index in [9.17, 15) is 14.4 Å². The minimum Gasteiger partial charge on any atom is -0.478 e. The van der Waals surface area contributed by atoms with Crippen molar-refractivity contribution in [1.82, 2.24) is 9.88 Å². The Hall–Kier alpha value is -2.44. The Morgan fingerprint density at radius 3 is 2.89 bits per heavy atom. The summed E-state index contributed by atoms with van der Waals surface area (Å²) in [5.74, 6) is -1.62. The van der Waals surface area contributed by atoms with Gasteiger partial charge >= 0.3 is 5.97 Å². The van der Waals surface area contributed by atoms with Gasteiger partial charge in [0.25, 0.3) is 0 Å². The Kier molecular flexibility index (Phi) is 3.74. The quantitative estimate of drug-likeness (QED) is 0.816. The van der Waals surface area contributed by atoms with Gasteiger partial charge < -0.3 is 15.3 Å². The van der Waals surface area contributed by atoms with Crippen LogP contribution in [0.5, 0.6) is 0 Å². The molecule has 0 aliphatic carbocycles. The average molecular weight is 263 g/mol. The highest BCUT2D eigenvalue weighted by atomic mass is 16.4. The van der Waals surface area contributed by atoms with Crippen molar-refractivity contribution in [2.45, 2.75) is 12.8 Å². The smallest absolute Gasteiger partial charge is 0.337 e. The number of nitrogens with zero attached hydrogens (tertiary/aromatic N) is 2. The van der Waals surface area contributed by atoms with E-state index in [2.05, 4.69) is 10.3 Å². The second-order valence-corrected chi connectivity index (χ2v) is 4.19. The first-order valence-corrected chi connectivity index (χ1v) is 5.83. The lowest BCUT2D eigenvalue weighted by atomic mass is 10.2. The van der Waals surface area contributed by atoms with Crippen LogP contribution in [-0.4, -0.2) is 45.9 Å². The number of aromatic nitrogens is 1. The van der Waals surface area contributed by atoms with E-state index in [-0.39, 0.29) is 23.7 Å². The molecule has 0 unspecified atom stereocenters. The van der Waals surface area contributed by atoms with Gasteiger partial charge in [0.05, 0.1) is 24.0 Å². The average Bonchev–Trinajstić information content (AvgIpc) is 2.75. The molecule has 2 heterocycles. The number of aromatic carboxylic acids is 1. The maximum Gasteiger partial charge on any atom is 0.337 e. The Morgan fingerprint density at radius 1 is 1.47 bits per heavy atom. The monoisotopic (exact) mass is 263 g/mol. The highest BCUT2D eigenvalue weighted by Crippen LogP contribution is 2.14. The molecule has 7 heteroatoms.